The summed E-state index contributed by atoms with van der Waals surface area (Å²) >= 11 is 1.67. The topological polar surface area (TPSA) is 82.8 Å². The average molecular weight is 328 g/mol. The molecule has 7 heteroatoms. The molecule has 22 heavy (non-hydrogen) atoms. The Kier molecular flexibility index (Phi) is 7.90. The van der Waals surface area contributed by atoms with Crippen molar-refractivity contribution in [2.24, 2.45) is 5.73 Å². The summed E-state index contributed by atoms with van der Waals surface area (Å²) < 4.78 is 15.9. The predicted molar refractivity (Wildman–Crippen MR) is 88.9 cm³/mol. The van der Waals surface area contributed by atoms with Gasteiger partial charge in [0.05, 0.1) is 27.4 Å². The van der Waals surface area contributed by atoms with Crippen LogP contribution in [0.1, 0.15) is 12.0 Å². The van der Waals surface area contributed by atoms with E-state index in [1.165, 1.54) is 0 Å². The third-order valence-corrected chi connectivity index (χ3v) is 3.85. The number of hydrogen-bond acceptors (Lipinski definition) is 6. The summed E-state index contributed by atoms with van der Waals surface area (Å²) in [5.74, 6) is 2.30. The summed E-state index contributed by atoms with van der Waals surface area (Å²) in [6.45, 7) is 0.315. The van der Waals surface area contributed by atoms with Gasteiger partial charge < -0.3 is 25.3 Å². The van der Waals surface area contributed by atoms with E-state index < -0.39 is 6.04 Å². The van der Waals surface area contributed by atoms with Crippen molar-refractivity contribution in [1.29, 1.82) is 0 Å². The molecule has 1 atom stereocenters. The molecule has 6 nitrogen and oxygen atoms in total. The maximum atomic E-state index is 12.0. The summed E-state index contributed by atoms with van der Waals surface area (Å²) in [5.41, 5.74) is 6.64. The van der Waals surface area contributed by atoms with Crippen LogP contribution in [-0.2, 0) is 11.3 Å². The lowest BCUT2D eigenvalue weighted by Gasteiger charge is -2.17. The van der Waals surface area contributed by atoms with Crippen molar-refractivity contribution < 1.29 is 19.0 Å². The highest BCUT2D eigenvalue weighted by molar-refractivity contribution is 7.98. The Morgan fingerprint density at radius 1 is 1.23 bits per heavy atom. The normalized spacial score (nSPS) is 11.7. The molecule has 124 valence electrons. The number of nitrogens with one attached hydrogen (secondary N) is 1. The lowest BCUT2D eigenvalue weighted by atomic mass is 10.1. The number of ether oxygens (including phenoxy) is 3. The summed E-state index contributed by atoms with van der Waals surface area (Å²) in [5, 5.41) is 2.82. The molecular formula is C15H24N2O4S. The zero-order valence-electron chi connectivity index (χ0n) is 13.5. The van der Waals surface area contributed by atoms with Crippen molar-refractivity contribution in [1.82, 2.24) is 5.32 Å². The van der Waals surface area contributed by atoms with Gasteiger partial charge in [-0.25, -0.2) is 0 Å². The van der Waals surface area contributed by atoms with Crippen molar-refractivity contribution >= 4 is 17.7 Å². The van der Waals surface area contributed by atoms with Crippen LogP contribution in [0.3, 0.4) is 0 Å². The number of carbonyl (C=O) groups excluding carboxylic acids is 1. The molecule has 0 heterocycles. The van der Waals surface area contributed by atoms with Gasteiger partial charge in [0.2, 0.25) is 11.7 Å². The number of benzene rings is 1. The molecule has 0 saturated heterocycles. The fourth-order valence-electron chi connectivity index (χ4n) is 1.99. The molecule has 0 aliphatic heterocycles. The quantitative estimate of drug-likeness (QED) is 0.713. The van der Waals surface area contributed by atoms with Crippen molar-refractivity contribution in [3.63, 3.8) is 0 Å². The number of hydrogen-bond donors (Lipinski definition) is 2. The standard InChI is InChI=1S/C15H24N2O4S/c1-19-12-6-5-10(13(20-2)14(12)21-3)9-17-15(18)11(16)7-8-22-4/h5-6,11H,7-9,16H2,1-4H3,(H,17,18)/t11-/m0/s1. The van der Waals surface area contributed by atoms with Gasteiger partial charge in [-0.15, -0.1) is 0 Å². The zero-order chi connectivity index (χ0) is 16.5. The summed E-state index contributed by atoms with van der Waals surface area (Å²) in [4.78, 5) is 12.0. The van der Waals surface area contributed by atoms with E-state index >= 15 is 0 Å². The first-order valence-electron chi connectivity index (χ1n) is 6.89. The van der Waals surface area contributed by atoms with E-state index in [4.69, 9.17) is 19.9 Å². The second kappa shape index (κ2) is 9.42. The molecule has 3 N–H and O–H groups in total. The van der Waals surface area contributed by atoms with Crippen LogP contribution in [0.15, 0.2) is 12.1 Å². The van der Waals surface area contributed by atoms with Crippen LogP contribution in [0.4, 0.5) is 0 Å². The Bertz CT molecular complexity index is 497. The minimum Gasteiger partial charge on any atom is -0.493 e. The summed E-state index contributed by atoms with van der Waals surface area (Å²) in [6, 6.07) is 3.10. The molecule has 0 fully saturated rings. The minimum absolute atomic E-state index is 0.175. The smallest absolute Gasteiger partial charge is 0.237 e. The fourth-order valence-corrected chi connectivity index (χ4v) is 2.48. The van der Waals surface area contributed by atoms with E-state index in [9.17, 15) is 4.79 Å². The second-order valence-electron chi connectivity index (χ2n) is 4.60. The van der Waals surface area contributed by atoms with Crippen molar-refractivity contribution in [3.05, 3.63) is 17.7 Å². The van der Waals surface area contributed by atoms with E-state index in [-0.39, 0.29) is 5.91 Å². The molecule has 0 spiro atoms. The molecule has 0 radical (unpaired) electrons. The van der Waals surface area contributed by atoms with Crippen LogP contribution in [0, 0.1) is 0 Å². The Morgan fingerprint density at radius 3 is 2.45 bits per heavy atom. The Hall–Kier alpha value is -1.60. The number of thioether (sulfide) groups is 1. The van der Waals surface area contributed by atoms with Gasteiger partial charge in [0.1, 0.15) is 0 Å². The van der Waals surface area contributed by atoms with Crippen molar-refractivity contribution in [3.8, 4) is 17.2 Å². The highest BCUT2D eigenvalue weighted by Crippen LogP contribution is 2.39. The summed E-state index contributed by atoms with van der Waals surface area (Å²) in [7, 11) is 4.65. The number of methoxy groups -OCH3 is 3. The molecular weight excluding hydrogens is 304 g/mol. The number of rotatable bonds is 9. The summed E-state index contributed by atoms with van der Waals surface area (Å²) in [6.07, 6.45) is 2.63. The second-order valence-corrected chi connectivity index (χ2v) is 5.58. The van der Waals surface area contributed by atoms with Crippen LogP contribution >= 0.6 is 11.8 Å². The Labute approximate surface area is 135 Å². The molecule has 1 amide bonds. The van der Waals surface area contributed by atoms with Crippen LogP contribution < -0.4 is 25.3 Å². The lowest BCUT2D eigenvalue weighted by molar-refractivity contribution is -0.122. The molecule has 0 bridgehead atoms. The molecule has 0 aromatic heterocycles. The monoisotopic (exact) mass is 328 g/mol. The van der Waals surface area contributed by atoms with Gasteiger partial charge >= 0.3 is 0 Å². The number of nitrogens with two attached hydrogens (primary N) is 1. The zero-order valence-corrected chi connectivity index (χ0v) is 14.3. The van der Waals surface area contributed by atoms with E-state index in [0.29, 0.717) is 30.2 Å². The highest BCUT2D eigenvalue weighted by atomic mass is 32.2. The molecule has 1 aromatic carbocycles. The van der Waals surface area contributed by atoms with Gasteiger partial charge in [-0.3, -0.25) is 4.79 Å². The molecule has 0 aliphatic carbocycles. The average Bonchev–Trinajstić information content (AvgIpc) is 2.55. The third kappa shape index (κ3) is 4.71. The Morgan fingerprint density at radius 2 is 1.91 bits per heavy atom. The van der Waals surface area contributed by atoms with Crippen LogP contribution in [0.25, 0.3) is 0 Å². The molecule has 1 aromatic rings. The van der Waals surface area contributed by atoms with Crippen molar-refractivity contribution in [2.75, 3.05) is 33.3 Å². The van der Waals surface area contributed by atoms with Crippen molar-refractivity contribution in [2.45, 2.75) is 19.0 Å². The van der Waals surface area contributed by atoms with Gasteiger partial charge in [0.25, 0.3) is 0 Å². The van der Waals surface area contributed by atoms with Crippen LogP contribution in [0.5, 0.6) is 17.2 Å². The first-order chi connectivity index (χ1) is 10.6. The molecule has 0 unspecified atom stereocenters. The molecule has 0 aliphatic rings. The van der Waals surface area contributed by atoms with E-state index in [0.717, 1.165) is 11.3 Å². The van der Waals surface area contributed by atoms with E-state index in [2.05, 4.69) is 5.32 Å². The Balaban J connectivity index is 2.79. The van der Waals surface area contributed by atoms with Crippen LogP contribution in [0.2, 0.25) is 0 Å². The highest BCUT2D eigenvalue weighted by Gasteiger charge is 2.17. The first kappa shape index (κ1) is 18.4. The van der Waals surface area contributed by atoms with Gasteiger partial charge in [0.15, 0.2) is 11.5 Å². The number of carbonyl (C=O) groups is 1. The van der Waals surface area contributed by atoms with E-state index in [1.54, 1.807) is 39.2 Å². The van der Waals surface area contributed by atoms with E-state index in [1.807, 2.05) is 12.3 Å². The van der Waals surface area contributed by atoms with Gasteiger partial charge in [-0.1, -0.05) is 0 Å². The molecule has 0 saturated carbocycles. The van der Waals surface area contributed by atoms with Gasteiger partial charge in [-0.2, -0.15) is 11.8 Å². The lowest BCUT2D eigenvalue weighted by Crippen LogP contribution is -2.40. The fraction of sp³-hybridized carbons (Fsp3) is 0.533. The third-order valence-electron chi connectivity index (χ3n) is 3.21. The largest absolute Gasteiger partial charge is 0.493 e. The molecule has 1 rings (SSSR count). The van der Waals surface area contributed by atoms with Gasteiger partial charge in [-0.05, 0) is 30.6 Å². The van der Waals surface area contributed by atoms with Crippen LogP contribution in [-0.4, -0.2) is 45.3 Å². The first-order valence-corrected chi connectivity index (χ1v) is 8.28. The SMILES string of the molecule is COc1ccc(CNC(=O)[C@@H](N)CCSC)c(OC)c1OC. The van der Waals surface area contributed by atoms with Gasteiger partial charge in [0, 0.05) is 12.1 Å². The maximum Gasteiger partial charge on any atom is 0.237 e. The number of amides is 1. The maximum absolute atomic E-state index is 12.0. The minimum atomic E-state index is -0.501. The predicted octanol–water partition coefficient (Wildman–Crippen LogP) is 1.41.